The quantitative estimate of drug-likeness (QED) is 0.773. The molecule has 76 valence electrons. The molecular formula is C11H13ClOS. The van der Waals surface area contributed by atoms with Crippen LogP contribution in [0.4, 0.5) is 0 Å². The minimum absolute atomic E-state index is 0.413. The second-order valence-corrected chi connectivity index (χ2v) is 5.08. The van der Waals surface area contributed by atoms with Gasteiger partial charge in [-0.1, -0.05) is 42.3 Å². The highest BCUT2D eigenvalue weighted by Gasteiger charge is 2.06. The van der Waals surface area contributed by atoms with E-state index in [1.54, 1.807) is 6.08 Å². The third-order valence-electron chi connectivity index (χ3n) is 1.78. The van der Waals surface area contributed by atoms with Gasteiger partial charge in [0.1, 0.15) is 4.36 Å². The minimum atomic E-state index is -1.21. The lowest BCUT2D eigenvalue weighted by Gasteiger charge is -2.00. The van der Waals surface area contributed by atoms with E-state index in [9.17, 15) is 4.21 Å². The number of benzene rings is 1. The van der Waals surface area contributed by atoms with Crippen LogP contribution in [0.15, 0.2) is 39.6 Å². The summed E-state index contributed by atoms with van der Waals surface area (Å²) in [4.78, 5) is 0.755. The van der Waals surface area contributed by atoms with E-state index in [1.165, 1.54) is 0 Å². The molecule has 0 bridgehead atoms. The Morgan fingerprint density at radius 2 is 2.00 bits per heavy atom. The van der Waals surface area contributed by atoms with Crippen LogP contribution in [0.5, 0.6) is 0 Å². The van der Waals surface area contributed by atoms with Gasteiger partial charge in [0.2, 0.25) is 0 Å². The van der Waals surface area contributed by atoms with Gasteiger partial charge >= 0.3 is 0 Å². The molecule has 1 rings (SSSR count). The van der Waals surface area contributed by atoms with E-state index in [1.807, 2.05) is 38.1 Å². The van der Waals surface area contributed by atoms with E-state index >= 15 is 0 Å². The van der Waals surface area contributed by atoms with Gasteiger partial charge in [-0.05, 0) is 25.5 Å². The largest absolute Gasteiger partial charge is 0.248 e. The van der Waals surface area contributed by atoms with Gasteiger partial charge in [-0.3, -0.25) is 0 Å². The van der Waals surface area contributed by atoms with Gasteiger partial charge in [-0.2, -0.15) is 0 Å². The van der Waals surface area contributed by atoms with E-state index in [0.717, 1.165) is 16.9 Å². The topological polar surface area (TPSA) is 17.1 Å². The summed E-state index contributed by atoms with van der Waals surface area (Å²) in [6, 6.07) is 7.56. The van der Waals surface area contributed by atoms with Crippen LogP contribution in [0.2, 0.25) is 0 Å². The smallest absolute Gasteiger partial charge is 0.105 e. The van der Waals surface area contributed by atoms with Crippen LogP contribution in [0.1, 0.15) is 18.9 Å². The summed E-state index contributed by atoms with van der Waals surface area (Å²) in [7, 11) is -1.21. The van der Waals surface area contributed by atoms with Crippen LogP contribution in [-0.4, -0.2) is 4.21 Å². The van der Waals surface area contributed by atoms with Crippen LogP contribution < -0.4 is 0 Å². The number of halogens is 1. The van der Waals surface area contributed by atoms with Crippen molar-refractivity contribution in [3.63, 3.8) is 0 Å². The molecule has 0 N–H and O–H groups in total. The predicted molar refractivity (Wildman–Crippen MR) is 61.8 cm³/mol. The lowest BCUT2D eigenvalue weighted by Crippen LogP contribution is -1.90. The summed E-state index contributed by atoms with van der Waals surface area (Å²) < 4.78 is 12.2. The molecule has 3 heteroatoms. The fourth-order valence-electron chi connectivity index (χ4n) is 1.01. The van der Waals surface area contributed by atoms with Crippen molar-refractivity contribution < 1.29 is 4.21 Å². The molecule has 0 aliphatic rings. The lowest BCUT2D eigenvalue weighted by atomic mass is 10.2. The van der Waals surface area contributed by atoms with Gasteiger partial charge in [0.05, 0.1) is 10.8 Å². The fourth-order valence-corrected chi connectivity index (χ4v) is 2.36. The maximum absolute atomic E-state index is 11.8. The van der Waals surface area contributed by atoms with E-state index in [0.29, 0.717) is 4.36 Å². The van der Waals surface area contributed by atoms with Crippen molar-refractivity contribution in [1.82, 2.24) is 0 Å². The van der Waals surface area contributed by atoms with Crippen molar-refractivity contribution in [2.45, 2.75) is 25.2 Å². The first-order chi connectivity index (χ1) is 6.65. The second kappa shape index (κ2) is 5.32. The number of hydrogen-bond acceptors (Lipinski definition) is 1. The number of aryl methyl sites for hydroxylation is 1. The monoisotopic (exact) mass is 228 g/mol. The first kappa shape index (κ1) is 11.5. The molecule has 0 saturated carbocycles. The van der Waals surface area contributed by atoms with Crippen LogP contribution in [0.25, 0.3) is 0 Å². The van der Waals surface area contributed by atoms with Gasteiger partial charge < -0.3 is 0 Å². The Hall–Kier alpha value is -0.600. The van der Waals surface area contributed by atoms with Crippen molar-refractivity contribution in [3.8, 4) is 0 Å². The van der Waals surface area contributed by atoms with Crippen LogP contribution in [0, 0.1) is 6.92 Å². The SMILES string of the molecule is CC/C=C(\Cl)S(=O)c1ccc(C)cc1. The summed E-state index contributed by atoms with van der Waals surface area (Å²) in [5, 5.41) is 0. The third-order valence-corrected chi connectivity index (χ3v) is 3.57. The average molecular weight is 229 g/mol. The highest BCUT2D eigenvalue weighted by molar-refractivity contribution is 7.90. The molecule has 14 heavy (non-hydrogen) atoms. The van der Waals surface area contributed by atoms with Gasteiger partial charge in [0.25, 0.3) is 0 Å². The highest BCUT2D eigenvalue weighted by Crippen LogP contribution is 2.18. The first-order valence-electron chi connectivity index (χ1n) is 4.49. The van der Waals surface area contributed by atoms with Gasteiger partial charge in [0.15, 0.2) is 0 Å². The molecule has 1 nitrogen and oxygen atoms in total. The summed E-state index contributed by atoms with van der Waals surface area (Å²) >= 11 is 5.87. The molecule has 1 aromatic carbocycles. The van der Waals surface area contributed by atoms with E-state index < -0.39 is 10.8 Å². The maximum atomic E-state index is 11.8. The summed E-state index contributed by atoms with van der Waals surface area (Å²) in [5.74, 6) is 0. The Balaban J connectivity index is 2.90. The summed E-state index contributed by atoms with van der Waals surface area (Å²) in [6.07, 6.45) is 2.58. The Morgan fingerprint density at radius 1 is 1.43 bits per heavy atom. The number of hydrogen-bond donors (Lipinski definition) is 0. The molecule has 1 aromatic rings. The van der Waals surface area contributed by atoms with Crippen LogP contribution in [0.3, 0.4) is 0 Å². The molecule has 0 heterocycles. The molecule has 0 radical (unpaired) electrons. The Kier molecular flexibility index (Phi) is 4.36. The van der Waals surface area contributed by atoms with Crippen molar-refractivity contribution in [2.75, 3.05) is 0 Å². The number of rotatable bonds is 3. The van der Waals surface area contributed by atoms with Gasteiger partial charge in [0, 0.05) is 4.90 Å². The van der Waals surface area contributed by atoms with Gasteiger partial charge in [-0.25, -0.2) is 4.21 Å². The zero-order valence-electron chi connectivity index (χ0n) is 8.29. The minimum Gasteiger partial charge on any atom is -0.248 e. The molecular weight excluding hydrogens is 216 g/mol. The van der Waals surface area contributed by atoms with Crippen molar-refractivity contribution in [3.05, 3.63) is 40.3 Å². The van der Waals surface area contributed by atoms with E-state index in [-0.39, 0.29) is 0 Å². The van der Waals surface area contributed by atoms with Crippen LogP contribution in [-0.2, 0) is 10.8 Å². The molecule has 0 aromatic heterocycles. The second-order valence-electron chi connectivity index (χ2n) is 3.00. The molecule has 0 fully saturated rings. The van der Waals surface area contributed by atoms with Gasteiger partial charge in [-0.15, -0.1) is 0 Å². The number of allylic oxidation sites excluding steroid dienone is 1. The van der Waals surface area contributed by atoms with Crippen molar-refractivity contribution in [2.24, 2.45) is 0 Å². The highest BCUT2D eigenvalue weighted by atomic mass is 35.5. The molecule has 1 unspecified atom stereocenters. The zero-order chi connectivity index (χ0) is 10.6. The van der Waals surface area contributed by atoms with E-state index in [2.05, 4.69) is 0 Å². The first-order valence-corrected chi connectivity index (χ1v) is 6.02. The zero-order valence-corrected chi connectivity index (χ0v) is 9.86. The van der Waals surface area contributed by atoms with Crippen LogP contribution >= 0.6 is 11.6 Å². The standard InChI is InChI=1S/C11H13ClOS/c1-3-4-11(12)14(13)10-7-5-9(2)6-8-10/h4-8H,3H2,1-2H3/b11-4+. The Bertz CT molecular complexity index is 354. The van der Waals surface area contributed by atoms with E-state index in [4.69, 9.17) is 11.6 Å². The average Bonchev–Trinajstić information content (AvgIpc) is 2.18. The van der Waals surface area contributed by atoms with Crippen molar-refractivity contribution >= 4 is 22.4 Å². The molecule has 0 aliphatic heterocycles. The fraction of sp³-hybridized carbons (Fsp3) is 0.273. The predicted octanol–water partition coefficient (Wildman–Crippen LogP) is 3.59. The van der Waals surface area contributed by atoms with Crippen molar-refractivity contribution in [1.29, 1.82) is 0 Å². The molecule has 0 amide bonds. The Labute approximate surface area is 92.2 Å². The molecule has 0 spiro atoms. The molecule has 0 aliphatic carbocycles. The lowest BCUT2D eigenvalue weighted by molar-refractivity contribution is 0.688. The maximum Gasteiger partial charge on any atom is 0.105 e. The summed E-state index contributed by atoms with van der Waals surface area (Å²) in [5.41, 5.74) is 1.15. The molecule has 1 atom stereocenters. The third kappa shape index (κ3) is 2.96. The summed E-state index contributed by atoms with van der Waals surface area (Å²) in [6.45, 7) is 3.96. The molecule has 0 saturated heterocycles. The normalized spacial score (nSPS) is 14.1. The Morgan fingerprint density at radius 3 is 2.50 bits per heavy atom.